The third kappa shape index (κ3) is 3.19. The van der Waals surface area contributed by atoms with Crippen molar-refractivity contribution in [2.24, 2.45) is 0 Å². The standard InChI is InChI=1S/C11H10ClN3O3S/c12-9-2-1-5-13-11(9)15-19(17,18)10-4-3-8(7-16)6-14-10/h1-6,16H,7H2,(H,13,15). The van der Waals surface area contributed by atoms with Gasteiger partial charge in [0, 0.05) is 12.4 Å². The Bertz CT molecular complexity index is 674. The number of aromatic nitrogens is 2. The Morgan fingerprint density at radius 2 is 2.05 bits per heavy atom. The fraction of sp³-hybridized carbons (Fsp3) is 0.0909. The van der Waals surface area contributed by atoms with Gasteiger partial charge in [-0.05, 0) is 23.8 Å². The Morgan fingerprint density at radius 3 is 2.63 bits per heavy atom. The summed E-state index contributed by atoms with van der Waals surface area (Å²) >= 11 is 5.82. The van der Waals surface area contributed by atoms with Gasteiger partial charge in [-0.2, -0.15) is 8.42 Å². The highest BCUT2D eigenvalue weighted by Crippen LogP contribution is 2.20. The van der Waals surface area contributed by atoms with Crippen LogP contribution in [-0.4, -0.2) is 23.5 Å². The zero-order valence-corrected chi connectivity index (χ0v) is 11.2. The van der Waals surface area contributed by atoms with E-state index < -0.39 is 10.0 Å². The number of halogens is 1. The molecule has 2 rings (SSSR count). The molecular formula is C11H10ClN3O3S. The lowest BCUT2D eigenvalue weighted by Gasteiger charge is -2.07. The molecule has 0 saturated carbocycles. The van der Waals surface area contributed by atoms with Gasteiger partial charge in [-0.15, -0.1) is 0 Å². The molecule has 0 fully saturated rings. The lowest BCUT2D eigenvalue weighted by atomic mass is 10.3. The van der Waals surface area contributed by atoms with Crippen molar-refractivity contribution in [1.82, 2.24) is 9.97 Å². The number of nitrogens with zero attached hydrogens (tertiary/aromatic N) is 2. The summed E-state index contributed by atoms with van der Waals surface area (Å²) in [6, 6.07) is 5.88. The van der Waals surface area contributed by atoms with Crippen molar-refractivity contribution in [3.63, 3.8) is 0 Å². The molecular weight excluding hydrogens is 290 g/mol. The van der Waals surface area contributed by atoms with Gasteiger partial charge in [-0.25, -0.2) is 9.97 Å². The molecule has 8 heteroatoms. The van der Waals surface area contributed by atoms with Crippen LogP contribution in [0.15, 0.2) is 41.7 Å². The average molecular weight is 300 g/mol. The number of sulfonamides is 1. The first-order chi connectivity index (χ1) is 9.03. The third-order valence-corrected chi connectivity index (χ3v) is 3.80. The van der Waals surface area contributed by atoms with Gasteiger partial charge in [0.1, 0.15) is 0 Å². The molecule has 0 bridgehead atoms. The Morgan fingerprint density at radius 1 is 1.26 bits per heavy atom. The monoisotopic (exact) mass is 299 g/mol. The second kappa shape index (κ2) is 5.52. The van der Waals surface area contributed by atoms with Crippen LogP contribution < -0.4 is 4.72 Å². The largest absolute Gasteiger partial charge is 0.392 e. The van der Waals surface area contributed by atoms with E-state index in [9.17, 15) is 8.42 Å². The van der Waals surface area contributed by atoms with Crippen LogP contribution in [0.4, 0.5) is 5.82 Å². The molecule has 2 aromatic rings. The molecule has 0 amide bonds. The molecule has 0 unspecified atom stereocenters. The van der Waals surface area contributed by atoms with Crippen LogP contribution in [0.25, 0.3) is 0 Å². The first-order valence-electron chi connectivity index (χ1n) is 5.22. The van der Waals surface area contributed by atoms with E-state index in [0.717, 1.165) is 0 Å². The second-order valence-electron chi connectivity index (χ2n) is 3.60. The highest BCUT2D eigenvalue weighted by Gasteiger charge is 2.17. The number of hydrogen-bond acceptors (Lipinski definition) is 5. The van der Waals surface area contributed by atoms with Gasteiger partial charge >= 0.3 is 0 Å². The van der Waals surface area contributed by atoms with Crippen LogP contribution >= 0.6 is 11.6 Å². The van der Waals surface area contributed by atoms with Crippen molar-refractivity contribution in [3.05, 3.63) is 47.2 Å². The lowest BCUT2D eigenvalue weighted by molar-refractivity contribution is 0.281. The minimum atomic E-state index is -3.85. The van der Waals surface area contributed by atoms with E-state index in [2.05, 4.69) is 14.7 Å². The molecule has 100 valence electrons. The summed E-state index contributed by atoms with van der Waals surface area (Å²) in [4.78, 5) is 7.60. The SMILES string of the molecule is O=S(=O)(Nc1ncccc1Cl)c1ccc(CO)cn1. The van der Waals surface area contributed by atoms with Crippen LogP contribution in [-0.2, 0) is 16.6 Å². The normalized spacial score (nSPS) is 11.3. The Labute approximate surface area is 115 Å². The van der Waals surface area contributed by atoms with E-state index in [0.29, 0.717) is 5.56 Å². The number of pyridine rings is 2. The zero-order chi connectivity index (χ0) is 13.9. The summed E-state index contributed by atoms with van der Waals surface area (Å²) in [5.74, 6) is 0.0391. The van der Waals surface area contributed by atoms with Crippen LogP contribution in [0.5, 0.6) is 0 Å². The summed E-state index contributed by atoms with van der Waals surface area (Å²) in [6.07, 6.45) is 2.71. The molecule has 0 saturated heterocycles. The van der Waals surface area contributed by atoms with Gasteiger partial charge in [0.2, 0.25) is 0 Å². The molecule has 0 spiro atoms. The minimum absolute atomic E-state index is 0.0391. The number of hydrogen-bond donors (Lipinski definition) is 2. The first kappa shape index (κ1) is 13.7. The van der Waals surface area contributed by atoms with E-state index in [-0.39, 0.29) is 22.5 Å². The van der Waals surface area contributed by atoms with Gasteiger partial charge in [0.05, 0.1) is 11.6 Å². The Hall–Kier alpha value is -1.70. The van der Waals surface area contributed by atoms with Crippen molar-refractivity contribution in [3.8, 4) is 0 Å². The molecule has 0 aliphatic rings. The first-order valence-corrected chi connectivity index (χ1v) is 7.08. The number of nitrogens with one attached hydrogen (secondary N) is 1. The quantitative estimate of drug-likeness (QED) is 0.891. The molecule has 0 aliphatic carbocycles. The fourth-order valence-electron chi connectivity index (χ4n) is 1.30. The van der Waals surface area contributed by atoms with Crippen molar-refractivity contribution in [1.29, 1.82) is 0 Å². The highest BCUT2D eigenvalue weighted by molar-refractivity contribution is 7.92. The van der Waals surface area contributed by atoms with Crippen molar-refractivity contribution in [2.45, 2.75) is 11.6 Å². The van der Waals surface area contributed by atoms with Crippen LogP contribution in [0.1, 0.15) is 5.56 Å². The maximum atomic E-state index is 12.0. The molecule has 6 nitrogen and oxygen atoms in total. The molecule has 0 radical (unpaired) electrons. The lowest BCUT2D eigenvalue weighted by Crippen LogP contribution is -2.15. The smallest absolute Gasteiger partial charge is 0.280 e. The number of aliphatic hydroxyl groups is 1. The van der Waals surface area contributed by atoms with Crippen molar-refractivity contribution < 1.29 is 13.5 Å². The average Bonchev–Trinajstić information content (AvgIpc) is 2.41. The van der Waals surface area contributed by atoms with Crippen LogP contribution in [0.2, 0.25) is 5.02 Å². The predicted molar refractivity (Wildman–Crippen MR) is 70.2 cm³/mol. The highest BCUT2D eigenvalue weighted by atomic mass is 35.5. The van der Waals surface area contributed by atoms with Crippen molar-refractivity contribution >= 4 is 27.4 Å². The summed E-state index contributed by atoms with van der Waals surface area (Å²) in [7, 11) is -3.85. The summed E-state index contributed by atoms with van der Waals surface area (Å²) in [5, 5.41) is 8.89. The van der Waals surface area contributed by atoms with Gasteiger partial charge in [0.25, 0.3) is 10.0 Å². The Kier molecular flexibility index (Phi) is 3.98. The van der Waals surface area contributed by atoms with E-state index >= 15 is 0 Å². The number of rotatable bonds is 4. The molecule has 2 aromatic heterocycles. The second-order valence-corrected chi connectivity index (χ2v) is 5.64. The van der Waals surface area contributed by atoms with E-state index in [1.54, 1.807) is 6.07 Å². The summed E-state index contributed by atoms with van der Waals surface area (Å²) in [6.45, 7) is -0.202. The van der Waals surface area contributed by atoms with E-state index in [4.69, 9.17) is 16.7 Å². The zero-order valence-electron chi connectivity index (χ0n) is 9.62. The number of anilines is 1. The molecule has 0 atom stereocenters. The predicted octanol–water partition coefficient (Wildman–Crippen LogP) is 1.42. The topological polar surface area (TPSA) is 92.2 Å². The van der Waals surface area contributed by atoms with Gasteiger partial charge in [-0.1, -0.05) is 17.7 Å². The van der Waals surface area contributed by atoms with Gasteiger partial charge < -0.3 is 5.11 Å². The molecule has 2 heterocycles. The minimum Gasteiger partial charge on any atom is -0.392 e. The molecule has 19 heavy (non-hydrogen) atoms. The maximum absolute atomic E-state index is 12.0. The number of aliphatic hydroxyl groups excluding tert-OH is 1. The maximum Gasteiger partial charge on any atom is 0.280 e. The van der Waals surface area contributed by atoms with E-state index in [1.807, 2.05) is 0 Å². The molecule has 2 N–H and O–H groups in total. The summed E-state index contributed by atoms with van der Waals surface area (Å²) < 4.78 is 26.3. The van der Waals surface area contributed by atoms with Gasteiger partial charge in [0.15, 0.2) is 10.8 Å². The molecule has 0 aliphatic heterocycles. The summed E-state index contributed by atoms with van der Waals surface area (Å²) in [5.41, 5.74) is 0.523. The van der Waals surface area contributed by atoms with Crippen LogP contribution in [0.3, 0.4) is 0 Å². The van der Waals surface area contributed by atoms with Gasteiger partial charge in [-0.3, -0.25) is 4.72 Å². The fourth-order valence-corrected chi connectivity index (χ4v) is 2.49. The van der Waals surface area contributed by atoms with Crippen LogP contribution in [0, 0.1) is 0 Å². The van der Waals surface area contributed by atoms with E-state index in [1.165, 1.54) is 30.6 Å². The Balaban J connectivity index is 2.30. The van der Waals surface area contributed by atoms with Crippen molar-refractivity contribution in [2.75, 3.05) is 4.72 Å². The molecule has 0 aromatic carbocycles. The third-order valence-electron chi connectivity index (χ3n) is 2.25.